The maximum Gasteiger partial charge on any atom is 0.355 e. The molecular weight excluding hydrogens is 438 g/mol. The number of benzene rings is 2. The lowest BCUT2D eigenvalue weighted by atomic mass is 10.1. The number of carbonyl (C=O) groups is 2. The van der Waals surface area contributed by atoms with Gasteiger partial charge in [0, 0.05) is 29.5 Å². The van der Waals surface area contributed by atoms with E-state index < -0.39 is 5.97 Å². The Balaban J connectivity index is 1.92. The van der Waals surface area contributed by atoms with Crippen LogP contribution >= 0.6 is 11.6 Å². The number of amides is 2. The first-order valence-corrected chi connectivity index (χ1v) is 11.3. The van der Waals surface area contributed by atoms with Crippen LogP contribution in [0.3, 0.4) is 0 Å². The highest BCUT2D eigenvalue weighted by molar-refractivity contribution is 6.31. The Bertz CT molecular complexity index is 1150. The minimum atomic E-state index is -0.395. The SMILES string of the molecule is CCOC(=O)c1[nH]c(C)c(CN(Cc2ccc(C)cc2)C(=O)Nc2cc(Cl)ccc2C)c1C. The number of rotatable bonds is 7. The Morgan fingerprint density at radius 1 is 1.03 bits per heavy atom. The van der Waals surface area contributed by atoms with Crippen LogP contribution in [-0.4, -0.2) is 28.5 Å². The number of nitrogens with zero attached hydrogens (tertiary/aromatic N) is 1. The standard InChI is InChI=1S/C26H30ClN3O3/c1-6-33-25(31)24-18(4)22(19(5)28-24)15-30(14-20-10-7-16(2)8-11-20)26(32)29-23-13-21(27)12-9-17(23)3/h7-13,28H,6,14-15H2,1-5H3,(H,29,32). The fourth-order valence-corrected chi connectivity index (χ4v) is 3.83. The summed E-state index contributed by atoms with van der Waals surface area (Å²) in [6, 6.07) is 13.2. The molecular formula is C26H30ClN3O3. The van der Waals surface area contributed by atoms with Gasteiger partial charge >= 0.3 is 12.0 Å². The van der Waals surface area contributed by atoms with Gasteiger partial charge in [0.1, 0.15) is 5.69 Å². The molecule has 0 unspecified atom stereocenters. The van der Waals surface area contributed by atoms with E-state index in [4.69, 9.17) is 16.3 Å². The lowest BCUT2D eigenvalue weighted by Gasteiger charge is -2.24. The molecule has 0 bridgehead atoms. The number of H-pyrrole nitrogens is 1. The van der Waals surface area contributed by atoms with E-state index in [2.05, 4.69) is 10.3 Å². The van der Waals surface area contributed by atoms with Gasteiger partial charge in [0.25, 0.3) is 0 Å². The Labute approximate surface area is 199 Å². The van der Waals surface area contributed by atoms with Crippen LogP contribution in [-0.2, 0) is 17.8 Å². The number of urea groups is 1. The first-order chi connectivity index (χ1) is 15.7. The lowest BCUT2D eigenvalue weighted by molar-refractivity contribution is 0.0519. The molecule has 174 valence electrons. The zero-order valence-electron chi connectivity index (χ0n) is 19.7. The van der Waals surface area contributed by atoms with Crippen LogP contribution in [0.2, 0.25) is 5.02 Å². The van der Waals surface area contributed by atoms with Crippen LogP contribution in [0.25, 0.3) is 0 Å². The Kier molecular flexibility index (Phi) is 7.82. The summed E-state index contributed by atoms with van der Waals surface area (Å²) in [6.45, 7) is 10.5. The monoisotopic (exact) mass is 467 g/mol. The van der Waals surface area contributed by atoms with Crippen molar-refractivity contribution in [3.8, 4) is 0 Å². The second-order valence-corrected chi connectivity index (χ2v) is 8.62. The third-order valence-electron chi connectivity index (χ3n) is 5.64. The van der Waals surface area contributed by atoms with Crippen LogP contribution in [0.5, 0.6) is 0 Å². The third kappa shape index (κ3) is 5.96. The highest BCUT2D eigenvalue weighted by atomic mass is 35.5. The summed E-state index contributed by atoms with van der Waals surface area (Å²) in [5, 5.41) is 3.55. The lowest BCUT2D eigenvalue weighted by Crippen LogP contribution is -2.34. The van der Waals surface area contributed by atoms with Crippen molar-refractivity contribution in [2.24, 2.45) is 0 Å². The molecule has 0 spiro atoms. The highest BCUT2D eigenvalue weighted by Crippen LogP contribution is 2.24. The van der Waals surface area contributed by atoms with Gasteiger partial charge in [-0.05, 0) is 69.0 Å². The number of halogens is 1. The summed E-state index contributed by atoms with van der Waals surface area (Å²) >= 11 is 6.14. The molecule has 3 rings (SSSR count). The summed E-state index contributed by atoms with van der Waals surface area (Å²) in [6.07, 6.45) is 0. The van der Waals surface area contributed by atoms with Crippen LogP contribution < -0.4 is 5.32 Å². The number of aromatic nitrogens is 1. The van der Waals surface area contributed by atoms with E-state index in [0.29, 0.717) is 36.1 Å². The Hall–Kier alpha value is -3.25. The number of anilines is 1. The highest BCUT2D eigenvalue weighted by Gasteiger charge is 2.23. The van der Waals surface area contributed by atoms with Crippen molar-refractivity contribution in [1.29, 1.82) is 0 Å². The second-order valence-electron chi connectivity index (χ2n) is 8.18. The van der Waals surface area contributed by atoms with E-state index in [-0.39, 0.29) is 6.03 Å². The molecule has 33 heavy (non-hydrogen) atoms. The fourth-order valence-electron chi connectivity index (χ4n) is 3.66. The first-order valence-electron chi connectivity index (χ1n) is 10.9. The van der Waals surface area contributed by atoms with Crippen molar-refractivity contribution in [2.75, 3.05) is 11.9 Å². The topological polar surface area (TPSA) is 74.4 Å². The van der Waals surface area contributed by atoms with Crippen LogP contribution in [0, 0.1) is 27.7 Å². The van der Waals surface area contributed by atoms with E-state index in [9.17, 15) is 9.59 Å². The predicted molar refractivity (Wildman–Crippen MR) is 132 cm³/mol. The minimum Gasteiger partial charge on any atom is -0.461 e. The summed E-state index contributed by atoms with van der Waals surface area (Å²) in [5.74, 6) is -0.395. The molecule has 0 atom stereocenters. The zero-order valence-corrected chi connectivity index (χ0v) is 20.5. The number of aryl methyl sites for hydroxylation is 3. The normalized spacial score (nSPS) is 10.7. The van der Waals surface area contributed by atoms with Gasteiger partial charge in [0.15, 0.2) is 0 Å². The van der Waals surface area contributed by atoms with Crippen LogP contribution in [0.1, 0.15) is 50.9 Å². The van der Waals surface area contributed by atoms with Gasteiger partial charge in [-0.15, -0.1) is 0 Å². The summed E-state index contributed by atoms with van der Waals surface area (Å²) in [5.41, 5.74) is 6.67. The van der Waals surface area contributed by atoms with E-state index in [0.717, 1.165) is 33.5 Å². The largest absolute Gasteiger partial charge is 0.461 e. The molecule has 2 amide bonds. The molecule has 0 radical (unpaired) electrons. The molecule has 0 saturated carbocycles. The zero-order chi connectivity index (χ0) is 24.1. The van der Waals surface area contributed by atoms with E-state index in [1.807, 2.05) is 58.0 Å². The Morgan fingerprint density at radius 2 is 1.73 bits per heavy atom. The number of esters is 1. The quantitative estimate of drug-likeness (QED) is 0.399. The van der Waals surface area contributed by atoms with Gasteiger partial charge in [0.2, 0.25) is 0 Å². The van der Waals surface area contributed by atoms with Crippen LogP contribution in [0.4, 0.5) is 10.5 Å². The predicted octanol–water partition coefficient (Wildman–Crippen LogP) is 6.31. The molecule has 7 heteroatoms. The van der Waals surface area contributed by atoms with Crippen molar-refractivity contribution < 1.29 is 14.3 Å². The van der Waals surface area contributed by atoms with Gasteiger partial charge in [-0.1, -0.05) is 47.5 Å². The summed E-state index contributed by atoms with van der Waals surface area (Å²) in [7, 11) is 0. The first kappa shape index (κ1) is 24.4. The van der Waals surface area contributed by atoms with Crippen molar-refractivity contribution >= 4 is 29.3 Å². The van der Waals surface area contributed by atoms with Gasteiger partial charge in [-0.3, -0.25) is 0 Å². The second kappa shape index (κ2) is 10.6. The van der Waals surface area contributed by atoms with Crippen molar-refractivity contribution in [3.05, 3.63) is 86.7 Å². The average molecular weight is 468 g/mol. The maximum atomic E-state index is 13.4. The van der Waals surface area contributed by atoms with Gasteiger partial charge in [0.05, 0.1) is 6.61 Å². The van der Waals surface area contributed by atoms with Gasteiger partial charge in [-0.25, -0.2) is 9.59 Å². The van der Waals surface area contributed by atoms with E-state index >= 15 is 0 Å². The molecule has 2 N–H and O–H groups in total. The van der Waals surface area contributed by atoms with Gasteiger partial charge in [-0.2, -0.15) is 0 Å². The number of hydrogen-bond acceptors (Lipinski definition) is 3. The molecule has 3 aromatic rings. The molecule has 1 aromatic heterocycles. The third-order valence-corrected chi connectivity index (χ3v) is 5.88. The molecule has 6 nitrogen and oxygen atoms in total. The number of carbonyl (C=O) groups excluding carboxylic acids is 2. The van der Waals surface area contributed by atoms with E-state index in [1.54, 1.807) is 24.0 Å². The maximum absolute atomic E-state index is 13.4. The molecule has 0 aliphatic carbocycles. The van der Waals surface area contributed by atoms with Gasteiger partial charge < -0.3 is 19.9 Å². The smallest absolute Gasteiger partial charge is 0.355 e. The molecule has 0 fully saturated rings. The summed E-state index contributed by atoms with van der Waals surface area (Å²) < 4.78 is 5.16. The number of hydrogen-bond donors (Lipinski definition) is 2. The van der Waals surface area contributed by atoms with Crippen molar-refractivity contribution in [1.82, 2.24) is 9.88 Å². The number of aromatic amines is 1. The minimum absolute atomic E-state index is 0.251. The molecule has 0 saturated heterocycles. The fraction of sp³-hybridized carbons (Fsp3) is 0.308. The number of ether oxygens (including phenoxy) is 1. The van der Waals surface area contributed by atoms with E-state index in [1.165, 1.54) is 0 Å². The van der Waals surface area contributed by atoms with Crippen LogP contribution in [0.15, 0.2) is 42.5 Å². The number of nitrogens with one attached hydrogen (secondary N) is 2. The molecule has 1 heterocycles. The molecule has 2 aromatic carbocycles. The average Bonchev–Trinajstić information content (AvgIpc) is 3.05. The van der Waals surface area contributed by atoms with Crippen molar-refractivity contribution in [2.45, 2.75) is 47.7 Å². The molecule has 0 aliphatic heterocycles. The Morgan fingerprint density at radius 3 is 2.39 bits per heavy atom. The molecule has 0 aliphatic rings. The van der Waals surface area contributed by atoms with Crippen molar-refractivity contribution in [3.63, 3.8) is 0 Å². The summed E-state index contributed by atoms with van der Waals surface area (Å²) in [4.78, 5) is 30.6.